The van der Waals surface area contributed by atoms with E-state index in [1.807, 2.05) is 13.0 Å². The van der Waals surface area contributed by atoms with Gasteiger partial charge in [-0.25, -0.2) is 4.98 Å². The van der Waals surface area contributed by atoms with E-state index in [2.05, 4.69) is 20.3 Å². The van der Waals surface area contributed by atoms with Gasteiger partial charge in [-0.05, 0) is 38.1 Å². The number of aryl methyl sites for hydroxylation is 1. The van der Waals surface area contributed by atoms with Gasteiger partial charge in [0.2, 0.25) is 5.91 Å². The van der Waals surface area contributed by atoms with Crippen LogP contribution in [-0.4, -0.2) is 20.9 Å². The molecule has 0 aromatic carbocycles. The molecule has 0 aliphatic rings. The van der Waals surface area contributed by atoms with Crippen LogP contribution in [0.3, 0.4) is 0 Å². The van der Waals surface area contributed by atoms with Gasteiger partial charge in [0.25, 0.3) is 5.56 Å². The highest BCUT2D eigenvalue weighted by Crippen LogP contribution is 2.14. The molecule has 0 fully saturated rings. The Morgan fingerprint density at radius 2 is 2.20 bits per heavy atom. The van der Waals surface area contributed by atoms with E-state index in [1.54, 1.807) is 43.8 Å². The maximum atomic E-state index is 12.4. The first-order valence-electron chi connectivity index (χ1n) is 7.87. The Balaban J connectivity index is 1.77. The highest BCUT2D eigenvalue weighted by Gasteiger charge is 2.16. The highest BCUT2D eigenvalue weighted by molar-refractivity contribution is 5.79. The predicted octanol–water partition coefficient (Wildman–Crippen LogP) is 2.15. The lowest BCUT2D eigenvalue weighted by atomic mass is 10.1. The summed E-state index contributed by atoms with van der Waals surface area (Å²) in [4.78, 5) is 35.7. The van der Waals surface area contributed by atoms with Crippen LogP contribution >= 0.6 is 0 Å². The van der Waals surface area contributed by atoms with Crippen LogP contribution in [-0.2, 0) is 11.2 Å². The zero-order valence-electron chi connectivity index (χ0n) is 13.9. The van der Waals surface area contributed by atoms with Crippen molar-refractivity contribution in [3.63, 3.8) is 0 Å². The van der Waals surface area contributed by atoms with Crippen molar-refractivity contribution in [1.82, 2.24) is 20.3 Å². The molecule has 3 heterocycles. The lowest BCUT2D eigenvalue weighted by Gasteiger charge is -2.12. The van der Waals surface area contributed by atoms with E-state index < -0.39 is 0 Å². The number of carbonyl (C=O) groups is 1. The van der Waals surface area contributed by atoms with E-state index >= 15 is 0 Å². The van der Waals surface area contributed by atoms with Crippen LogP contribution in [0.15, 0.2) is 52.1 Å². The van der Waals surface area contributed by atoms with Crippen molar-refractivity contribution in [1.29, 1.82) is 0 Å². The molecule has 3 rings (SSSR count). The fraction of sp³-hybridized carbons (Fsp3) is 0.222. The normalized spacial score (nSPS) is 11.9. The molecular formula is C18H18N4O3. The summed E-state index contributed by atoms with van der Waals surface area (Å²) < 4.78 is 5.26. The molecule has 3 aromatic rings. The minimum absolute atomic E-state index is 0.0491. The minimum Gasteiger partial charge on any atom is -0.467 e. The molecule has 0 bridgehead atoms. The molecule has 7 heteroatoms. The predicted molar refractivity (Wildman–Crippen MR) is 91.8 cm³/mol. The van der Waals surface area contributed by atoms with Gasteiger partial charge in [0.05, 0.1) is 18.7 Å². The van der Waals surface area contributed by atoms with Crippen LogP contribution in [0.4, 0.5) is 0 Å². The number of carbonyl (C=O) groups excluding carboxylic acids is 1. The monoisotopic (exact) mass is 338 g/mol. The third-order valence-electron chi connectivity index (χ3n) is 3.84. The molecule has 0 aliphatic heterocycles. The molecule has 1 atom stereocenters. The molecule has 128 valence electrons. The molecule has 0 saturated heterocycles. The van der Waals surface area contributed by atoms with Crippen molar-refractivity contribution >= 4 is 5.91 Å². The smallest absolute Gasteiger partial charge is 0.255 e. The van der Waals surface area contributed by atoms with Gasteiger partial charge in [0, 0.05) is 29.2 Å². The molecular weight excluding hydrogens is 320 g/mol. The van der Waals surface area contributed by atoms with Crippen LogP contribution in [0.1, 0.15) is 30.0 Å². The Hall–Kier alpha value is -3.22. The second kappa shape index (κ2) is 7.12. The number of amides is 1. The van der Waals surface area contributed by atoms with Gasteiger partial charge < -0.3 is 14.7 Å². The number of H-pyrrole nitrogens is 1. The lowest BCUT2D eigenvalue weighted by Crippen LogP contribution is -2.31. The number of rotatable bonds is 5. The van der Waals surface area contributed by atoms with Crippen molar-refractivity contribution in [2.45, 2.75) is 26.3 Å². The van der Waals surface area contributed by atoms with Crippen molar-refractivity contribution in [3.05, 3.63) is 70.3 Å². The SMILES string of the molecule is Cc1nc(-c2cccnc2)[nH]c(=O)c1CC(=O)N[C@H](C)c1ccco1. The Bertz CT molecular complexity index is 917. The van der Waals surface area contributed by atoms with Crippen LogP contribution in [0.5, 0.6) is 0 Å². The van der Waals surface area contributed by atoms with E-state index in [9.17, 15) is 9.59 Å². The standard InChI is InChI=1S/C18H18N4O3/c1-11-14(9-16(23)20-12(2)15-6-4-8-25-15)18(24)22-17(21-11)13-5-3-7-19-10-13/h3-8,10,12H,9H2,1-2H3,(H,20,23)(H,21,22,24)/t12-/m1/s1. The Labute approximate surface area is 144 Å². The number of hydrogen-bond acceptors (Lipinski definition) is 5. The highest BCUT2D eigenvalue weighted by atomic mass is 16.3. The summed E-state index contributed by atoms with van der Waals surface area (Å²) in [5.41, 5.74) is 1.25. The fourth-order valence-electron chi connectivity index (χ4n) is 2.52. The number of nitrogens with zero attached hydrogens (tertiary/aromatic N) is 2. The first-order chi connectivity index (χ1) is 12.0. The molecule has 0 saturated carbocycles. The van der Waals surface area contributed by atoms with Gasteiger partial charge >= 0.3 is 0 Å². The van der Waals surface area contributed by atoms with Crippen LogP contribution in [0.25, 0.3) is 11.4 Å². The number of hydrogen-bond donors (Lipinski definition) is 2. The first-order valence-corrected chi connectivity index (χ1v) is 7.87. The minimum atomic E-state index is -0.327. The number of pyridine rings is 1. The zero-order valence-corrected chi connectivity index (χ0v) is 13.9. The quantitative estimate of drug-likeness (QED) is 0.742. The summed E-state index contributed by atoms with van der Waals surface area (Å²) in [7, 11) is 0. The van der Waals surface area contributed by atoms with E-state index in [0.717, 1.165) is 0 Å². The third kappa shape index (κ3) is 3.82. The molecule has 0 unspecified atom stereocenters. The van der Waals surface area contributed by atoms with Crippen molar-refractivity contribution in [2.24, 2.45) is 0 Å². The zero-order chi connectivity index (χ0) is 17.8. The molecule has 2 N–H and O–H groups in total. The number of aromatic amines is 1. The Morgan fingerprint density at radius 3 is 2.84 bits per heavy atom. The van der Waals surface area contributed by atoms with Gasteiger partial charge in [-0.2, -0.15) is 0 Å². The average molecular weight is 338 g/mol. The fourth-order valence-corrected chi connectivity index (χ4v) is 2.52. The maximum Gasteiger partial charge on any atom is 0.255 e. The first kappa shape index (κ1) is 16.6. The molecule has 0 spiro atoms. The van der Waals surface area contributed by atoms with Crippen LogP contribution in [0, 0.1) is 6.92 Å². The van der Waals surface area contributed by atoms with Gasteiger partial charge in [-0.15, -0.1) is 0 Å². The summed E-state index contributed by atoms with van der Waals surface area (Å²) in [6.07, 6.45) is 4.77. The molecule has 7 nitrogen and oxygen atoms in total. The van der Waals surface area contributed by atoms with Gasteiger partial charge in [-0.3, -0.25) is 14.6 Å². The number of nitrogens with one attached hydrogen (secondary N) is 2. The summed E-state index contributed by atoms with van der Waals surface area (Å²) in [6.45, 7) is 3.53. The summed E-state index contributed by atoms with van der Waals surface area (Å²) in [5.74, 6) is 0.821. The second-order valence-electron chi connectivity index (χ2n) is 5.70. The topological polar surface area (TPSA) is 101 Å². The summed E-state index contributed by atoms with van der Waals surface area (Å²) >= 11 is 0. The molecule has 25 heavy (non-hydrogen) atoms. The second-order valence-corrected chi connectivity index (χ2v) is 5.70. The largest absolute Gasteiger partial charge is 0.467 e. The van der Waals surface area contributed by atoms with E-state index in [1.165, 1.54) is 0 Å². The molecule has 0 aliphatic carbocycles. The van der Waals surface area contributed by atoms with Crippen molar-refractivity contribution in [2.75, 3.05) is 0 Å². The van der Waals surface area contributed by atoms with Gasteiger partial charge in [0.15, 0.2) is 0 Å². The third-order valence-corrected chi connectivity index (χ3v) is 3.84. The molecule has 1 amide bonds. The number of furan rings is 1. The van der Waals surface area contributed by atoms with E-state index in [4.69, 9.17) is 4.42 Å². The summed E-state index contributed by atoms with van der Waals surface area (Å²) in [6, 6.07) is 6.84. The van der Waals surface area contributed by atoms with Gasteiger partial charge in [-0.1, -0.05) is 0 Å². The maximum absolute atomic E-state index is 12.4. The van der Waals surface area contributed by atoms with Crippen molar-refractivity contribution < 1.29 is 9.21 Å². The number of aromatic nitrogens is 3. The summed E-state index contributed by atoms with van der Waals surface area (Å²) in [5, 5.41) is 2.81. The Kier molecular flexibility index (Phi) is 4.74. The average Bonchev–Trinajstić information content (AvgIpc) is 3.13. The van der Waals surface area contributed by atoms with Crippen molar-refractivity contribution in [3.8, 4) is 11.4 Å². The molecule has 3 aromatic heterocycles. The van der Waals surface area contributed by atoms with Crippen LogP contribution in [0.2, 0.25) is 0 Å². The Morgan fingerprint density at radius 1 is 1.36 bits per heavy atom. The van der Waals surface area contributed by atoms with Gasteiger partial charge in [0.1, 0.15) is 11.6 Å². The molecule has 0 radical (unpaired) electrons. The van der Waals surface area contributed by atoms with E-state index in [0.29, 0.717) is 28.4 Å². The van der Waals surface area contributed by atoms with E-state index in [-0.39, 0.29) is 23.9 Å². The lowest BCUT2D eigenvalue weighted by molar-refractivity contribution is -0.121. The van der Waals surface area contributed by atoms with Crippen LogP contribution < -0.4 is 10.9 Å².